The Hall–Kier alpha value is -3.83. The molecule has 0 aliphatic carbocycles. The maximum absolute atomic E-state index is 13.2. The zero-order valence-corrected chi connectivity index (χ0v) is 23.6. The molecule has 0 saturated carbocycles. The highest BCUT2D eigenvalue weighted by Gasteiger charge is 2.42. The number of carbonyl (C=O) groups is 1. The van der Waals surface area contributed by atoms with Gasteiger partial charge in [-0.1, -0.05) is 17.7 Å². The van der Waals surface area contributed by atoms with E-state index in [-0.39, 0.29) is 17.9 Å². The third-order valence-electron chi connectivity index (χ3n) is 7.64. The van der Waals surface area contributed by atoms with Gasteiger partial charge in [0, 0.05) is 45.3 Å². The first-order valence-corrected chi connectivity index (χ1v) is 13.7. The highest BCUT2D eigenvalue weighted by molar-refractivity contribution is 5.78. The summed E-state index contributed by atoms with van der Waals surface area (Å²) in [5, 5.41) is 6.40. The second-order valence-corrected chi connectivity index (χ2v) is 10.6. The third kappa shape index (κ3) is 6.48. The maximum Gasteiger partial charge on any atom is 0.236 e. The van der Waals surface area contributed by atoms with Crippen molar-refractivity contribution >= 4 is 17.8 Å². The van der Waals surface area contributed by atoms with Crippen LogP contribution in [-0.2, 0) is 16.1 Å². The summed E-state index contributed by atoms with van der Waals surface area (Å²) in [6.07, 6.45) is 2.68. The molecule has 2 aromatic heterocycles. The van der Waals surface area contributed by atoms with Crippen molar-refractivity contribution < 1.29 is 14.3 Å². The Morgan fingerprint density at radius 3 is 2.83 bits per heavy atom. The van der Waals surface area contributed by atoms with Crippen LogP contribution in [-0.4, -0.2) is 95.7 Å². The molecular weight excluding hydrogens is 508 g/mol. The van der Waals surface area contributed by atoms with Crippen LogP contribution in [0.1, 0.15) is 17.7 Å². The first-order valence-electron chi connectivity index (χ1n) is 13.7. The van der Waals surface area contributed by atoms with Gasteiger partial charge in [-0.25, -0.2) is 0 Å². The van der Waals surface area contributed by atoms with Crippen molar-refractivity contribution in [1.82, 2.24) is 29.7 Å². The van der Waals surface area contributed by atoms with Crippen molar-refractivity contribution in [1.29, 1.82) is 0 Å². The number of hydrogen-bond donors (Lipinski definition) is 2. The summed E-state index contributed by atoms with van der Waals surface area (Å²) >= 11 is 0. The lowest BCUT2D eigenvalue weighted by Crippen LogP contribution is -2.48. The van der Waals surface area contributed by atoms with Gasteiger partial charge in [-0.2, -0.15) is 15.0 Å². The Kier molecular flexibility index (Phi) is 8.71. The standard InChI is InChI=1S/C29H38N8O3/c1-19-8-9-24(39-4)22(13-19)27-33-28(30-2)35-29(34-27)32-14-25-23-16-37(12-10-20(23)18-40-25)26(38)17-36(3)15-21-7-5-6-11-31-21/h5-9,11,13,20,23,25H,10,12,14-18H2,1-4H3,(H2,30,32,33,34,35)/t20-,23-,25+/m1/s1. The predicted molar refractivity (Wildman–Crippen MR) is 153 cm³/mol. The number of amides is 1. The van der Waals surface area contributed by atoms with Crippen LogP contribution in [0.2, 0.25) is 0 Å². The quantitative estimate of drug-likeness (QED) is 0.393. The second-order valence-electron chi connectivity index (χ2n) is 10.6. The fraction of sp³-hybridized carbons (Fsp3) is 0.483. The number of fused-ring (bicyclic) bond motifs is 1. The average Bonchev–Trinajstić information content (AvgIpc) is 3.38. The average molecular weight is 547 g/mol. The minimum absolute atomic E-state index is 0.0430. The van der Waals surface area contributed by atoms with E-state index in [2.05, 4.69) is 25.6 Å². The zero-order valence-electron chi connectivity index (χ0n) is 23.6. The fourth-order valence-corrected chi connectivity index (χ4v) is 5.50. The number of methoxy groups -OCH3 is 1. The van der Waals surface area contributed by atoms with Crippen molar-refractivity contribution in [3.63, 3.8) is 0 Å². The summed E-state index contributed by atoms with van der Waals surface area (Å²) in [4.78, 5) is 35.3. The lowest BCUT2D eigenvalue weighted by atomic mass is 9.84. The van der Waals surface area contributed by atoms with Gasteiger partial charge in [0.05, 0.1) is 37.6 Å². The van der Waals surface area contributed by atoms with Crippen LogP contribution in [0.4, 0.5) is 11.9 Å². The topological polar surface area (TPSA) is 118 Å². The molecule has 212 valence electrons. The third-order valence-corrected chi connectivity index (χ3v) is 7.64. The number of rotatable bonds is 10. The number of benzene rings is 1. The molecule has 40 heavy (non-hydrogen) atoms. The summed E-state index contributed by atoms with van der Waals surface area (Å²) in [5.74, 6) is 2.99. The number of likely N-dealkylation sites (tertiary alicyclic amines) is 1. The van der Waals surface area contributed by atoms with Crippen molar-refractivity contribution in [2.24, 2.45) is 11.8 Å². The van der Waals surface area contributed by atoms with Crippen molar-refractivity contribution in [3.05, 3.63) is 53.9 Å². The van der Waals surface area contributed by atoms with Gasteiger partial charge in [-0.3, -0.25) is 14.7 Å². The van der Waals surface area contributed by atoms with E-state index in [1.165, 1.54) is 0 Å². The Morgan fingerprint density at radius 1 is 1.20 bits per heavy atom. The van der Waals surface area contributed by atoms with Gasteiger partial charge in [0.25, 0.3) is 0 Å². The molecule has 11 heteroatoms. The number of aromatic nitrogens is 4. The first kappa shape index (κ1) is 27.7. The van der Waals surface area contributed by atoms with Crippen LogP contribution in [0.25, 0.3) is 11.4 Å². The number of pyridine rings is 1. The zero-order chi connectivity index (χ0) is 28.1. The monoisotopic (exact) mass is 546 g/mol. The molecule has 0 radical (unpaired) electrons. The molecule has 1 aromatic carbocycles. The SMILES string of the molecule is CNc1nc(NC[C@@H]2OC[C@H]3CCN(C(=O)CN(C)Cc4ccccn4)C[C@H]32)nc(-c2cc(C)ccc2OC)n1. The molecule has 2 saturated heterocycles. The minimum Gasteiger partial charge on any atom is -0.496 e. The highest BCUT2D eigenvalue weighted by Crippen LogP contribution is 2.35. The van der Waals surface area contributed by atoms with E-state index in [0.717, 1.165) is 29.8 Å². The fourth-order valence-electron chi connectivity index (χ4n) is 5.50. The number of likely N-dealkylation sites (N-methyl/N-ethyl adjacent to an activating group) is 1. The lowest BCUT2D eigenvalue weighted by Gasteiger charge is -2.36. The minimum atomic E-state index is -0.0430. The Morgan fingerprint density at radius 2 is 2.05 bits per heavy atom. The molecule has 2 N–H and O–H groups in total. The number of anilines is 2. The smallest absolute Gasteiger partial charge is 0.236 e. The number of nitrogens with zero attached hydrogens (tertiary/aromatic N) is 6. The molecule has 0 unspecified atom stereocenters. The van der Waals surface area contributed by atoms with Crippen LogP contribution in [0.5, 0.6) is 5.75 Å². The van der Waals surface area contributed by atoms with Gasteiger partial charge in [0.2, 0.25) is 17.8 Å². The van der Waals surface area contributed by atoms with Gasteiger partial charge in [-0.15, -0.1) is 0 Å². The number of aryl methyl sites for hydroxylation is 1. The van der Waals surface area contributed by atoms with E-state index in [1.54, 1.807) is 20.4 Å². The lowest BCUT2D eigenvalue weighted by molar-refractivity contribution is -0.134. The number of ether oxygens (including phenoxy) is 2. The Bertz CT molecular complexity index is 1310. The normalized spacial score (nSPS) is 20.3. The summed E-state index contributed by atoms with van der Waals surface area (Å²) in [6.45, 7) is 5.73. The van der Waals surface area contributed by atoms with Gasteiger partial charge in [0.15, 0.2) is 5.82 Å². The number of nitrogens with one attached hydrogen (secondary N) is 2. The highest BCUT2D eigenvalue weighted by atomic mass is 16.5. The van der Waals surface area contributed by atoms with E-state index in [1.807, 2.05) is 60.2 Å². The summed E-state index contributed by atoms with van der Waals surface area (Å²) < 4.78 is 11.8. The van der Waals surface area contributed by atoms with Crippen LogP contribution < -0.4 is 15.4 Å². The van der Waals surface area contributed by atoms with E-state index >= 15 is 0 Å². The number of carbonyl (C=O) groups excluding carboxylic acids is 1. The summed E-state index contributed by atoms with van der Waals surface area (Å²) in [5.41, 5.74) is 2.84. The van der Waals surface area contributed by atoms with E-state index in [0.29, 0.717) is 62.2 Å². The van der Waals surface area contributed by atoms with Gasteiger partial charge in [0.1, 0.15) is 5.75 Å². The second kappa shape index (κ2) is 12.6. The molecule has 2 fully saturated rings. The molecule has 2 aliphatic rings. The molecule has 5 rings (SSSR count). The summed E-state index contributed by atoms with van der Waals surface area (Å²) in [7, 11) is 5.38. The van der Waals surface area contributed by atoms with Crippen LogP contribution in [0, 0.1) is 18.8 Å². The molecule has 4 heterocycles. The molecule has 3 aromatic rings. The van der Waals surface area contributed by atoms with Crippen molar-refractivity contribution in [2.45, 2.75) is 26.0 Å². The molecule has 0 spiro atoms. The van der Waals surface area contributed by atoms with Crippen molar-refractivity contribution in [3.8, 4) is 17.1 Å². The van der Waals surface area contributed by atoms with Gasteiger partial charge in [-0.05, 0) is 50.6 Å². The number of hydrogen-bond acceptors (Lipinski definition) is 10. The molecule has 3 atom stereocenters. The van der Waals surface area contributed by atoms with Crippen LogP contribution in [0.15, 0.2) is 42.6 Å². The Labute approximate surface area is 235 Å². The van der Waals surface area contributed by atoms with Gasteiger partial charge < -0.3 is 25.0 Å². The molecule has 0 bridgehead atoms. The Balaban J connectivity index is 1.22. The van der Waals surface area contributed by atoms with E-state index in [9.17, 15) is 4.79 Å². The molecule has 2 aliphatic heterocycles. The number of piperidine rings is 1. The molecule has 11 nitrogen and oxygen atoms in total. The molecular formula is C29H38N8O3. The van der Waals surface area contributed by atoms with Gasteiger partial charge >= 0.3 is 0 Å². The van der Waals surface area contributed by atoms with Crippen LogP contribution >= 0.6 is 0 Å². The summed E-state index contributed by atoms with van der Waals surface area (Å²) in [6, 6.07) is 11.8. The largest absolute Gasteiger partial charge is 0.496 e. The first-order chi connectivity index (χ1) is 19.4. The van der Waals surface area contributed by atoms with Crippen molar-refractivity contribution in [2.75, 3.05) is 64.6 Å². The van der Waals surface area contributed by atoms with Crippen LogP contribution in [0.3, 0.4) is 0 Å². The maximum atomic E-state index is 13.2. The van der Waals surface area contributed by atoms with E-state index < -0.39 is 0 Å². The van der Waals surface area contributed by atoms with E-state index in [4.69, 9.17) is 14.5 Å². The predicted octanol–water partition coefficient (Wildman–Crippen LogP) is 2.70. The molecule has 1 amide bonds.